The molecular weight excluding hydrogens is 489 g/mol. The molecular formula is C29H30FN3O5. The van der Waals surface area contributed by atoms with Gasteiger partial charge in [-0.25, -0.2) is 14.0 Å². The molecule has 0 atom stereocenters. The predicted molar refractivity (Wildman–Crippen MR) is 139 cm³/mol. The van der Waals surface area contributed by atoms with E-state index in [4.69, 9.17) is 4.74 Å². The van der Waals surface area contributed by atoms with Crippen molar-refractivity contribution in [1.82, 2.24) is 9.78 Å². The van der Waals surface area contributed by atoms with E-state index in [1.807, 2.05) is 25.1 Å². The lowest BCUT2D eigenvalue weighted by Gasteiger charge is -2.30. The van der Waals surface area contributed by atoms with Crippen LogP contribution in [-0.2, 0) is 11.2 Å². The Morgan fingerprint density at radius 2 is 1.87 bits per heavy atom. The molecule has 0 unspecified atom stereocenters. The van der Waals surface area contributed by atoms with E-state index in [2.05, 4.69) is 5.10 Å². The van der Waals surface area contributed by atoms with E-state index in [0.29, 0.717) is 42.2 Å². The van der Waals surface area contributed by atoms with Crippen LogP contribution in [0.3, 0.4) is 0 Å². The van der Waals surface area contributed by atoms with E-state index in [1.165, 1.54) is 21.7 Å². The van der Waals surface area contributed by atoms with Crippen LogP contribution >= 0.6 is 0 Å². The summed E-state index contributed by atoms with van der Waals surface area (Å²) in [4.78, 5) is 40.1. The van der Waals surface area contributed by atoms with Gasteiger partial charge >= 0.3 is 12.1 Å². The highest BCUT2D eigenvalue weighted by molar-refractivity contribution is 6.02. The summed E-state index contributed by atoms with van der Waals surface area (Å²) >= 11 is 0. The second kappa shape index (κ2) is 9.38. The molecule has 198 valence electrons. The molecule has 0 radical (unpaired) electrons. The number of halogens is 1. The van der Waals surface area contributed by atoms with Crippen LogP contribution in [0, 0.1) is 12.7 Å². The Kier molecular flexibility index (Phi) is 6.33. The lowest BCUT2D eigenvalue weighted by Crippen LogP contribution is -2.40. The maximum atomic E-state index is 15.3. The molecule has 38 heavy (non-hydrogen) atoms. The van der Waals surface area contributed by atoms with Crippen LogP contribution in [-0.4, -0.2) is 45.0 Å². The Labute approximate surface area is 220 Å². The topological polar surface area (TPSA) is 102 Å². The smallest absolute Gasteiger partial charge is 0.414 e. The summed E-state index contributed by atoms with van der Waals surface area (Å²) in [6, 6.07) is 9.30. The van der Waals surface area contributed by atoms with E-state index in [0.717, 1.165) is 30.0 Å². The number of ether oxygens (including phenoxy) is 1. The van der Waals surface area contributed by atoms with E-state index < -0.39 is 23.5 Å². The zero-order valence-corrected chi connectivity index (χ0v) is 21.9. The van der Waals surface area contributed by atoms with Crippen LogP contribution in [0.1, 0.15) is 83.5 Å². The second-order valence-corrected chi connectivity index (χ2v) is 10.9. The summed E-state index contributed by atoms with van der Waals surface area (Å²) in [5.74, 6) is -2.09. The van der Waals surface area contributed by atoms with Gasteiger partial charge < -0.3 is 9.84 Å². The number of carbonyl (C=O) groups excluding carboxylic acids is 2. The van der Waals surface area contributed by atoms with Crippen LogP contribution < -0.4 is 4.90 Å². The normalized spacial score (nSPS) is 15.2. The Hall–Kier alpha value is -4.01. The number of hydrogen-bond donors (Lipinski definition) is 1. The number of benzene rings is 2. The second-order valence-electron chi connectivity index (χ2n) is 10.9. The maximum absolute atomic E-state index is 15.3. The highest BCUT2D eigenvalue weighted by Crippen LogP contribution is 2.44. The number of carboxylic acids is 1. The van der Waals surface area contributed by atoms with Crippen molar-refractivity contribution in [2.45, 2.75) is 64.9 Å². The van der Waals surface area contributed by atoms with Crippen LogP contribution in [0.2, 0.25) is 0 Å². The van der Waals surface area contributed by atoms with Gasteiger partial charge in [-0.15, -0.1) is 0 Å². The van der Waals surface area contributed by atoms with Crippen molar-refractivity contribution in [3.63, 3.8) is 0 Å². The third-order valence-corrected chi connectivity index (χ3v) is 6.83. The average Bonchev–Trinajstić information content (AvgIpc) is 3.62. The molecule has 0 spiro atoms. The lowest BCUT2D eigenvalue weighted by molar-refractivity contribution is 0.0576. The monoisotopic (exact) mass is 519 g/mol. The number of anilines is 1. The molecule has 1 fully saturated rings. The Morgan fingerprint density at radius 3 is 2.50 bits per heavy atom. The molecule has 0 bridgehead atoms. The number of aryl methyl sites for hydroxylation is 1. The molecule has 3 aromatic rings. The van der Waals surface area contributed by atoms with Crippen molar-refractivity contribution in [3.05, 3.63) is 70.2 Å². The molecule has 5 rings (SSSR count). The van der Waals surface area contributed by atoms with E-state index >= 15 is 4.39 Å². The van der Waals surface area contributed by atoms with Gasteiger partial charge in [0.2, 0.25) is 0 Å². The first kappa shape index (κ1) is 25.6. The zero-order valence-electron chi connectivity index (χ0n) is 21.9. The molecule has 2 aromatic carbocycles. The Balaban J connectivity index is 1.70. The van der Waals surface area contributed by atoms with Gasteiger partial charge in [-0.05, 0) is 88.6 Å². The standard InChI is InChI=1S/C29H30FN3O5/c1-16-7-5-8-19(17-10-11-17)23(16)26(34)33-22-9-6-14-32(28(37)38-29(2,3)4)25(22)24(31-33)20-13-12-18(27(35)36)15-21(20)30/h5,7-8,12-13,15,17H,6,9-11,14H2,1-4H3,(H,35,36). The van der Waals surface area contributed by atoms with Gasteiger partial charge in [0.1, 0.15) is 17.1 Å². The summed E-state index contributed by atoms with van der Waals surface area (Å²) in [5, 5.41) is 13.9. The number of hydrogen-bond acceptors (Lipinski definition) is 5. The minimum absolute atomic E-state index is 0.000425. The lowest BCUT2D eigenvalue weighted by atomic mass is 9.97. The van der Waals surface area contributed by atoms with Crippen LogP contribution in [0.5, 0.6) is 0 Å². The molecule has 1 amide bonds. The van der Waals surface area contributed by atoms with Crippen molar-refractivity contribution >= 4 is 23.7 Å². The van der Waals surface area contributed by atoms with Crippen LogP contribution in [0.4, 0.5) is 14.9 Å². The van der Waals surface area contributed by atoms with E-state index in [1.54, 1.807) is 20.8 Å². The third kappa shape index (κ3) is 4.68. The van der Waals surface area contributed by atoms with Crippen LogP contribution in [0.15, 0.2) is 36.4 Å². The van der Waals surface area contributed by atoms with E-state index in [-0.39, 0.29) is 22.7 Å². The minimum Gasteiger partial charge on any atom is -0.478 e. The van der Waals surface area contributed by atoms with Crippen molar-refractivity contribution in [3.8, 4) is 11.3 Å². The summed E-state index contributed by atoms with van der Waals surface area (Å²) in [6.07, 6.45) is 2.42. The van der Waals surface area contributed by atoms with Gasteiger partial charge in [-0.2, -0.15) is 9.78 Å². The predicted octanol–water partition coefficient (Wildman–Crippen LogP) is 5.95. The fourth-order valence-corrected chi connectivity index (χ4v) is 4.98. The molecule has 8 nitrogen and oxygen atoms in total. The van der Waals surface area contributed by atoms with Crippen molar-refractivity contribution in [1.29, 1.82) is 0 Å². The summed E-state index contributed by atoms with van der Waals surface area (Å²) in [7, 11) is 0. The summed E-state index contributed by atoms with van der Waals surface area (Å²) in [6.45, 7) is 7.46. The van der Waals surface area contributed by atoms with Gasteiger partial charge in [0.05, 0.1) is 16.9 Å². The first-order chi connectivity index (χ1) is 18.0. The minimum atomic E-state index is -1.26. The maximum Gasteiger partial charge on any atom is 0.414 e. The fraction of sp³-hybridized carbons (Fsp3) is 0.379. The average molecular weight is 520 g/mol. The number of aromatic carboxylic acids is 1. The van der Waals surface area contributed by atoms with Crippen molar-refractivity contribution in [2.24, 2.45) is 0 Å². The van der Waals surface area contributed by atoms with E-state index in [9.17, 15) is 19.5 Å². The number of amides is 1. The molecule has 1 N–H and O–H groups in total. The van der Waals surface area contributed by atoms with Crippen molar-refractivity contribution < 1.29 is 28.6 Å². The molecule has 9 heteroatoms. The molecule has 0 saturated heterocycles. The first-order valence-corrected chi connectivity index (χ1v) is 12.8. The number of rotatable bonds is 4. The molecule has 1 aromatic heterocycles. The summed E-state index contributed by atoms with van der Waals surface area (Å²) in [5.41, 5.74) is 2.28. The van der Waals surface area contributed by atoms with Gasteiger partial charge in [-0.3, -0.25) is 9.69 Å². The SMILES string of the molecule is Cc1cccc(C2CC2)c1C(=O)n1nc(-c2ccc(C(=O)O)cc2F)c2c1CCCN2C(=O)OC(C)(C)C. The largest absolute Gasteiger partial charge is 0.478 e. The number of aromatic nitrogens is 2. The fourth-order valence-electron chi connectivity index (χ4n) is 4.98. The molecule has 1 aliphatic heterocycles. The molecule has 1 saturated carbocycles. The highest BCUT2D eigenvalue weighted by atomic mass is 19.1. The van der Waals surface area contributed by atoms with Gasteiger partial charge in [0, 0.05) is 17.7 Å². The number of carbonyl (C=O) groups is 3. The zero-order chi connectivity index (χ0) is 27.4. The molecule has 2 heterocycles. The molecule has 2 aliphatic rings. The number of fused-ring (bicyclic) bond motifs is 1. The van der Waals surface area contributed by atoms with Crippen LogP contribution in [0.25, 0.3) is 11.3 Å². The van der Waals surface area contributed by atoms with Crippen molar-refractivity contribution in [2.75, 3.05) is 11.4 Å². The quantitative estimate of drug-likeness (QED) is 0.457. The number of carboxylic acid groups (broad SMARTS) is 1. The third-order valence-electron chi connectivity index (χ3n) is 6.83. The highest BCUT2D eigenvalue weighted by Gasteiger charge is 2.37. The number of nitrogens with zero attached hydrogens (tertiary/aromatic N) is 3. The summed E-state index contributed by atoms with van der Waals surface area (Å²) < 4.78 is 22.2. The Morgan fingerprint density at radius 1 is 1.13 bits per heavy atom. The molecule has 1 aliphatic carbocycles. The first-order valence-electron chi connectivity index (χ1n) is 12.8. The van der Waals surface area contributed by atoms with Gasteiger partial charge in [0.25, 0.3) is 5.91 Å². The van der Waals surface area contributed by atoms with Gasteiger partial charge in [0.15, 0.2) is 0 Å². The Bertz CT molecular complexity index is 1470. The van der Waals surface area contributed by atoms with Gasteiger partial charge in [-0.1, -0.05) is 18.2 Å².